The first-order valence-corrected chi connectivity index (χ1v) is 8.95. The average molecular weight is 358 g/mol. The molecule has 0 aromatic heterocycles. The van der Waals surface area contributed by atoms with Gasteiger partial charge in [-0.1, -0.05) is 42.5 Å². The normalized spacial score (nSPS) is 22.6. The minimum Gasteiger partial charge on any atom is -0.477 e. The second-order valence-electron chi connectivity index (χ2n) is 5.80. The van der Waals surface area contributed by atoms with E-state index in [0.29, 0.717) is 11.3 Å². The molecule has 0 radical (unpaired) electrons. The van der Waals surface area contributed by atoms with E-state index in [9.17, 15) is 19.5 Å². The Morgan fingerprint density at radius 2 is 2.08 bits per heavy atom. The average Bonchev–Trinajstić information content (AvgIpc) is 2.60. The first kappa shape index (κ1) is 17.3. The predicted octanol–water partition coefficient (Wildman–Crippen LogP) is 1.54. The predicted molar refractivity (Wildman–Crippen MR) is 94.6 cm³/mol. The van der Waals surface area contributed by atoms with Crippen molar-refractivity contribution in [3.63, 3.8) is 0 Å². The number of rotatable bonds is 5. The van der Waals surface area contributed by atoms with Gasteiger partial charge in [-0.15, -0.1) is 11.8 Å². The maximum absolute atomic E-state index is 12.4. The molecule has 3 rings (SSSR count). The Kier molecular flexibility index (Phi) is 4.94. The van der Waals surface area contributed by atoms with Crippen molar-refractivity contribution in [3.05, 3.63) is 59.3 Å². The zero-order chi connectivity index (χ0) is 18.0. The Morgan fingerprint density at radius 3 is 2.72 bits per heavy atom. The van der Waals surface area contributed by atoms with E-state index in [1.807, 2.05) is 30.3 Å². The lowest BCUT2D eigenvalue weighted by atomic mass is 10.0. The maximum atomic E-state index is 12.4. The minimum atomic E-state index is -1.12. The van der Waals surface area contributed by atoms with Crippen LogP contribution >= 0.6 is 11.8 Å². The van der Waals surface area contributed by atoms with E-state index in [4.69, 9.17) is 0 Å². The Bertz CT molecular complexity index is 773. The molecule has 1 aromatic rings. The molecule has 0 spiro atoms. The zero-order valence-electron chi connectivity index (χ0n) is 13.6. The van der Waals surface area contributed by atoms with Crippen molar-refractivity contribution in [2.45, 2.75) is 24.8 Å². The number of carbonyl (C=O) groups is 3. The van der Waals surface area contributed by atoms with Crippen molar-refractivity contribution in [1.82, 2.24) is 10.2 Å². The van der Waals surface area contributed by atoms with Crippen molar-refractivity contribution in [1.29, 1.82) is 0 Å². The number of carboxylic acid groups (broad SMARTS) is 1. The van der Waals surface area contributed by atoms with Crippen LogP contribution in [0.4, 0.5) is 0 Å². The van der Waals surface area contributed by atoms with Gasteiger partial charge in [0.25, 0.3) is 5.91 Å². The summed E-state index contributed by atoms with van der Waals surface area (Å²) < 4.78 is 0. The van der Waals surface area contributed by atoms with Crippen LogP contribution in [0.3, 0.4) is 0 Å². The van der Waals surface area contributed by atoms with Crippen molar-refractivity contribution >= 4 is 29.5 Å². The fourth-order valence-electron chi connectivity index (χ4n) is 2.98. The second-order valence-corrected chi connectivity index (χ2v) is 6.90. The van der Waals surface area contributed by atoms with Crippen LogP contribution in [-0.2, 0) is 20.8 Å². The Balaban J connectivity index is 1.71. The van der Waals surface area contributed by atoms with Crippen molar-refractivity contribution in [3.8, 4) is 0 Å². The van der Waals surface area contributed by atoms with Crippen LogP contribution in [0.25, 0.3) is 0 Å². The van der Waals surface area contributed by atoms with Crippen LogP contribution in [0.5, 0.6) is 0 Å². The number of carbonyl (C=O) groups excluding carboxylic acids is 2. The van der Waals surface area contributed by atoms with Crippen molar-refractivity contribution in [2.24, 2.45) is 0 Å². The van der Waals surface area contributed by atoms with Crippen LogP contribution < -0.4 is 5.32 Å². The standard InChI is InChI=1S/C18H18N2O4S/c1-2-6-12-10-25-17-14(16(22)20(17)15(12)18(23)24)19-13(21)9-11-7-4-3-5-8-11/h2-8,14,17H,9-10H2,1H3,(H,19,21)(H,23,24)/b6-2+. The summed E-state index contributed by atoms with van der Waals surface area (Å²) in [7, 11) is 0. The summed E-state index contributed by atoms with van der Waals surface area (Å²) in [5, 5.41) is 11.8. The Morgan fingerprint density at radius 1 is 1.36 bits per heavy atom. The number of allylic oxidation sites excluding steroid dienone is 2. The monoisotopic (exact) mass is 358 g/mol. The van der Waals surface area contributed by atoms with E-state index in [1.165, 1.54) is 16.7 Å². The summed E-state index contributed by atoms with van der Waals surface area (Å²) in [4.78, 5) is 37.5. The highest BCUT2D eigenvalue weighted by molar-refractivity contribution is 8.00. The summed E-state index contributed by atoms with van der Waals surface area (Å²) in [6, 6.07) is 8.58. The van der Waals surface area contributed by atoms with Gasteiger partial charge in [0, 0.05) is 5.75 Å². The number of aliphatic carboxylic acids is 1. The molecular weight excluding hydrogens is 340 g/mol. The molecule has 2 heterocycles. The summed E-state index contributed by atoms with van der Waals surface area (Å²) in [5.74, 6) is -1.26. The number of fused-ring (bicyclic) bond motifs is 1. The van der Waals surface area contributed by atoms with Crippen LogP contribution in [0.15, 0.2) is 53.8 Å². The third-order valence-corrected chi connectivity index (χ3v) is 5.39. The highest BCUT2D eigenvalue weighted by Gasteiger charge is 2.53. The maximum Gasteiger partial charge on any atom is 0.352 e. The third kappa shape index (κ3) is 3.32. The molecule has 2 amide bonds. The molecule has 25 heavy (non-hydrogen) atoms. The summed E-state index contributed by atoms with van der Waals surface area (Å²) in [5.41, 5.74) is 1.49. The van der Waals surface area contributed by atoms with E-state index in [-0.39, 0.29) is 29.3 Å². The van der Waals surface area contributed by atoms with E-state index in [0.717, 1.165) is 5.56 Å². The lowest BCUT2D eigenvalue weighted by Gasteiger charge is -2.49. The first-order chi connectivity index (χ1) is 12.0. The van der Waals surface area contributed by atoms with Gasteiger partial charge in [0.15, 0.2) is 0 Å². The highest BCUT2D eigenvalue weighted by Crippen LogP contribution is 2.40. The summed E-state index contributed by atoms with van der Waals surface area (Å²) >= 11 is 1.46. The fraction of sp³-hybridized carbons (Fsp3) is 0.278. The van der Waals surface area contributed by atoms with Crippen LogP contribution in [-0.4, -0.2) is 45.0 Å². The van der Waals surface area contributed by atoms with Crippen LogP contribution in [0.2, 0.25) is 0 Å². The zero-order valence-corrected chi connectivity index (χ0v) is 14.5. The van der Waals surface area contributed by atoms with E-state index < -0.39 is 12.0 Å². The third-order valence-electron chi connectivity index (χ3n) is 4.09. The molecule has 7 heteroatoms. The number of β-lactam (4-membered cyclic amide) rings is 1. The fourth-order valence-corrected chi connectivity index (χ4v) is 4.30. The SMILES string of the molecule is C/C=C/C1=C(C(=O)O)N2C(=O)C(NC(=O)Cc3ccccc3)C2SC1. The molecule has 130 valence electrons. The lowest BCUT2D eigenvalue weighted by molar-refractivity contribution is -0.150. The molecule has 2 N–H and O–H groups in total. The smallest absolute Gasteiger partial charge is 0.352 e. The molecule has 2 aliphatic rings. The van der Waals surface area contributed by atoms with Gasteiger partial charge >= 0.3 is 5.97 Å². The molecule has 6 nitrogen and oxygen atoms in total. The quantitative estimate of drug-likeness (QED) is 0.780. The molecule has 1 fully saturated rings. The number of nitrogens with zero attached hydrogens (tertiary/aromatic N) is 1. The Labute approximate surface area is 149 Å². The van der Waals surface area contributed by atoms with Crippen molar-refractivity contribution < 1.29 is 19.5 Å². The van der Waals surface area contributed by atoms with Gasteiger partial charge in [-0.25, -0.2) is 4.79 Å². The number of carboxylic acids is 1. The first-order valence-electron chi connectivity index (χ1n) is 7.90. The van der Waals surface area contributed by atoms with Gasteiger partial charge < -0.3 is 10.4 Å². The summed E-state index contributed by atoms with van der Waals surface area (Å²) in [6.45, 7) is 1.80. The number of nitrogens with one attached hydrogen (secondary N) is 1. The molecule has 0 saturated carbocycles. The summed E-state index contributed by atoms with van der Waals surface area (Å²) in [6.07, 6.45) is 3.65. The van der Waals surface area contributed by atoms with E-state index in [2.05, 4.69) is 5.32 Å². The minimum absolute atomic E-state index is 0.0143. The van der Waals surface area contributed by atoms with E-state index in [1.54, 1.807) is 19.1 Å². The highest BCUT2D eigenvalue weighted by atomic mass is 32.2. The number of thioether (sulfide) groups is 1. The number of benzene rings is 1. The lowest BCUT2D eigenvalue weighted by Crippen LogP contribution is -2.70. The molecule has 0 bridgehead atoms. The Hall–Kier alpha value is -2.54. The van der Waals surface area contributed by atoms with Gasteiger partial charge in [-0.3, -0.25) is 14.5 Å². The van der Waals surface area contributed by atoms with Crippen LogP contribution in [0.1, 0.15) is 12.5 Å². The molecule has 1 saturated heterocycles. The second kappa shape index (κ2) is 7.14. The molecular formula is C18H18N2O4S. The van der Waals surface area contributed by atoms with Gasteiger partial charge in [0.2, 0.25) is 5.91 Å². The molecule has 1 aromatic carbocycles. The van der Waals surface area contributed by atoms with Gasteiger partial charge in [0.05, 0.1) is 6.42 Å². The van der Waals surface area contributed by atoms with Gasteiger partial charge in [0.1, 0.15) is 17.1 Å². The molecule has 0 aliphatic carbocycles. The topological polar surface area (TPSA) is 86.7 Å². The molecule has 2 atom stereocenters. The van der Waals surface area contributed by atoms with E-state index >= 15 is 0 Å². The number of amides is 2. The van der Waals surface area contributed by atoms with Crippen LogP contribution in [0, 0.1) is 0 Å². The number of hydrogen-bond acceptors (Lipinski definition) is 4. The number of hydrogen-bond donors (Lipinski definition) is 2. The molecule has 2 unspecified atom stereocenters. The largest absolute Gasteiger partial charge is 0.477 e. The van der Waals surface area contributed by atoms with Gasteiger partial charge in [-0.2, -0.15) is 0 Å². The van der Waals surface area contributed by atoms with Crippen molar-refractivity contribution in [2.75, 3.05) is 5.75 Å². The molecule has 2 aliphatic heterocycles. The van der Waals surface area contributed by atoms with Gasteiger partial charge in [-0.05, 0) is 18.1 Å².